The Morgan fingerprint density at radius 1 is 0.906 bits per heavy atom. The molecular formula is C28H26N2O2. The summed E-state index contributed by atoms with van der Waals surface area (Å²) in [5, 5.41) is 5.00. The van der Waals surface area contributed by atoms with Crippen LogP contribution in [0.3, 0.4) is 0 Å². The van der Waals surface area contributed by atoms with E-state index < -0.39 is 0 Å². The molecule has 0 aromatic heterocycles. The molecule has 0 heterocycles. The van der Waals surface area contributed by atoms with Gasteiger partial charge in [0.05, 0.1) is 5.69 Å². The molecule has 4 aromatic carbocycles. The van der Waals surface area contributed by atoms with Gasteiger partial charge >= 0.3 is 0 Å². The monoisotopic (exact) mass is 422 g/mol. The molecule has 1 N–H and O–H groups in total. The molecular weight excluding hydrogens is 396 g/mol. The number of aliphatic imine (C=N–C) groups is 1. The number of carbonyl (C=O) groups excluding carboxylic acids is 1. The van der Waals surface area contributed by atoms with E-state index in [2.05, 4.69) is 37.4 Å². The third-order valence-corrected chi connectivity index (χ3v) is 5.28. The second kappa shape index (κ2) is 9.48. The van der Waals surface area contributed by atoms with Gasteiger partial charge in [-0.3, -0.25) is 9.79 Å². The summed E-state index contributed by atoms with van der Waals surface area (Å²) in [5.74, 6) is 0.414. The smallest absolute Gasteiger partial charge is 0.262 e. The lowest BCUT2D eigenvalue weighted by atomic mass is 10.0. The Hall–Kier alpha value is -3.92. The lowest BCUT2D eigenvalue weighted by Crippen LogP contribution is -2.20. The fraction of sp³-hybridized carbons (Fsp3) is 0.143. The van der Waals surface area contributed by atoms with Gasteiger partial charge in [-0.15, -0.1) is 0 Å². The van der Waals surface area contributed by atoms with E-state index in [1.165, 1.54) is 5.56 Å². The van der Waals surface area contributed by atoms with Crippen molar-refractivity contribution in [2.24, 2.45) is 4.99 Å². The predicted octanol–water partition coefficient (Wildman–Crippen LogP) is 6.53. The second-order valence-electron chi connectivity index (χ2n) is 7.95. The maximum Gasteiger partial charge on any atom is 0.262 e. The van der Waals surface area contributed by atoms with Crippen LogP contribution in [0.25, 0.3) is 10.8 Å². The Kier molecular flexibility index (Phi) is 6.31. The zero-order valence-electron chi connectivity index (χ0n) is 18.6. The first kappa shape index (κ1) is 21.3. The molecule has 4 rings (SSSR count). The third kappa shape index (κ3) is 5.03. The molecule has 0 bridgehead atoms. The van der Waals surface area contributed by atoms with Gasteiger partial charge in [-0.05, 0) is 66.9 Å². The third-order valence-electron chi connectivity index (χ3n) is 5.28. The van der Waals surface area contributed by atoms with Crippen LogP contribution < -0.4 is 10.1 Å². The highest BCUT2D eigenvalue weighted by Gasteiger charge is 2.10. The molecule has 4 aromatic rings. The minimum Gasteiger partial charge on any atom is -0.483 e. The SMILES string of the molecule is Cc1cccc(NC(=O)COc2ccc3ccccc3c2C=Nc2ccc(C)cc2C)c1. The Morgan fingerprint density at radius 2 is 1.72 bits per heavy atom. The quantitative estimate of drug-likeness (QED) is 0.359. The predicted molar refractivity (Wildman–Crippen MR) is 132 cm³/mol. The van der Waals surface area contributed by atoms with Gasteiger partial charge in [0, 0.05) is 17.5 Å². The number of nitrogens with zero attached hydrogens (tertiary/aromatic N) is 1. The van der Waals surface area contributed by atoms with Gasteiger partial charge in [-0.2, -0.15) is 0 Å². The molecule has 32 heavy (non-hydrogen) atoms. The van der Waals surface area contributed by atoms with Gasteiger partial charge in [0.15, 0.2) is 6.61 Å². The number of hydrogen-bond acceptors (Lipinski definition) is 3. The fourth-order valence-corrected chi connectivity index (χ4v) is 3.68. The standard InChI is InChI=1S/C28H26N2O2/c1-19-7-6-9-23(16-19)30-28(31)18-32-27-14-12-22-8-4-5-10-24(22)25(27)17-29-26-13-11-20(2)15-21(26)3/h4-17H,18H2,1-3H3,(H,30,31). The molecule has 0 saturated heterocycles. The molecule has 0 aliphatic heterocycles. The minimum absolute atomic E-state index is 0.0866. The van der Waals surface area contributed by atoms with Crippen molar-refractivity contribution < 1.29 is 9.53 Å². The summed E-state index contributed by atoms with van der Waals surface area (Å²) in [6, 6.07) is 25.9. The summed E-state index contributed by atoms with van der Waals surface area (Å²) in [6.07, 6.45) is 1.83. The molecule has 0 aliphatic carbocycles. The van der Waals surface area contributed by atoms with Crippen LogP contribution in [0.1, 0.15) is 22.3 Å². The van der Waals surface area contributed by atoms with E-state index in [9.17, 15) is 4.79 Å². The normalized spacial score (nSPS) is 11.1. The van der Waals surface area contributed by atoms with Crippen LogP contribution in [0.5, 0.6) is 5.75 Å². The molecule has 160 valence electrons. The summed E-state index contributed by atoms with van der Waals surface area (Å²) in [4.78, 5) is 17.2. The molecule has 4 heteroatoms. The first-order chi connectivity index (χ1) is 15.5. The Bertz CT molecular complexity index is 1310. The van der Waals surface area contributed by atoms with Crippen LogP contribution in [0.4, 0.5) is 11.4 Å². The molecule has 0 fully saturated rings. The average molecular weight is 423 g/mol. The van der Waals surface area contributed by atoms with E-state index in [4.69, 9.17) is 9.73 Å². The first-order valence-corrected chi connectivity index (χ1v) is 10.6. The highest BCUT2D eigenvalue weighted by atomic mass is 16.5. The zero-order valence-corrected chi connectivity index (χ0v) is 18.6. The molecule has 1 amide bonds. The number of hydrogen-bond donors (Lipinski definition) is 1. The van der Waals surface area contributed by atoms with E-state index in [1.807, 2.05) is 73.8 Å². The van der Waals surface area contributed by atoms with Crippen LogP contribution in [0.2, 0.25) is 0 Å². The fourth-order valence-electron chi connectivity index (χ4n) is 3.68. The summed E-state index contributed by atoms with van der Waals surface area (Å²) in [6.45, 7) is 6.02. The molecule has 0 radical (unpaired) electrons. The van der Waals surface area contributed by atoms with Crippen LogP contribution >= 0.6 is 0 Å². The lowest BCUT2D eigenvalue weighted by Gasteiger charge is -2.12. The highest BCUT2D eigenvalue weighted by Crippen LogP contribution is 2.28. The first-order valence-electron chi connectivity index (χ1n) is 10.6. The van der Waals surface area contributed by atoms with E-state index >= 15 is 0 Å². The average Bonchev–Trinajstić information content (AvgIpc) is 2.77. The zero-order chi connectivity index (χ0) is 22.5. The summed E-state index contributed by atoms with van der Waals surface area (Å²) in [7, 11) is 0. The van der Waals surface area contributed by atoms with Crippen molar-refractivity contribution in [2.75, 3.05) is 11.9 Å². The van der Waals surface area contributed by atoms with Gasteiger partial charge < -0.3 is 10.1 Å². The minimum atomic E-state index is -0.207. The number of rotatable bonds is 6. The van der Waals surface area contributed by atoms with Crippen molar-refractivity contribution in [1.82, 2.24) is 0 Å². The van der Waals surface area contributed by atoms with Crippen molar-refractivity contribution >= 4 is 34.3 Å². The number of anilines is 1. The van der Waals surface area contributed by atoms with Gasteiger partial charge in [0.25, 0.3) is 5.91 Å². The molecule has 4 nitrogen and oxygen atoms in total. The van der Waals surface area contributed by atoms with E-state index in [1.54, 1.807) is 0 Å². The van der Waals surface area contributed by atoms with Crippen molar-refractivity contribution in [3.8, 4) is 5.75 Å². The van der Waals surface area contributed by atoms with Gasteiger partial charge in [-0.1, -0.05) is 60.2 Å². The topological polar surface area (TPSA) is 50.7 Å². The van der Waals surface area contributed by atoms with Gasteiger partial charge in [0.1, 0.15) is 5.75 Å². The maximum absolute atomic E-state index is 12.5. The van der Waals surface area contributed by atoms with Crippen molar-refractivity contribution in [3.05, 3.63) is 101 Å². The number of ether oxygens (including phenoxy) is 1. The lowest BCUT2D eigenvalue weighted by molar-refractivity contribution is -0.118. The summed E-state index contributed by atoms with van der Waals surface area (Å²) in [5.41, 5.74) is 5.92. The van der Waals surface area contributed by atoms with Crippen LogP contribution in [0.15, 0.2) is 83.9 Å². The molecule has 0 unspecified atom stereocenters. The van der Waals surface area contributed by atoms with Crippen LogP contribution in [0, 0.1) is 20.8 Å². The van der Waals surface area contributed by atoms with Crippen molar-refractivity contribution in [1.29, 1.82) is 0 Å². The van der Waals surface area contributed by atoms with Gasteiger partial charge in [0.2, 0.25) is 0 Å². The summed E-state index contributed by atoms with van der Waals surface area (Å²) < 4.78 is 5.94. The number of aryl methyl sites for hydroxylation is 3. The maximum atomic E-state index is 12.5. The molecule has 0 atom stereocenters. The Balaban J connectivity index is 1.59. The Morgan fingerprint density at radius 3 is 2.53 bits per heavy atom. The van der Waals surface area contributed by atoms with Crippen LogP contribution in [-0.4, -0.2) is 18.7 Å². The van der Waals surface area contributed by atoms with Gasteiger partial charge in [-0.25, -0.2) is 0 Å². The van der Waals surface area contributed by atoms with E-state index in [0.717, 1.165) is 38.8 Å². The highest BCUT2D eigenvalue weighted by molar-refractivity contribution is 6.03. The van der Waals surface area contributed by atoms with Crippen molar-refractivity contribution in [2.45, 2.75) is 20.8 Å². The number of amides is 1. The molecule has 0 spiro atoms. The molecule has 0 aliphatic rings. The second-order valence-corrected chi connectivity index (χ2v) is 7.95. The summed E-state index contributed by atoms with van der Waals surface area (Å²) >= 11 is 0. The largest absolute Gasteiger partial charge is 0.483 e. The number of benzene rings is 4. The van der Waals surface area contributed by atoms with E-state index in [0.29, 0.717) is 5.75 Å². The van der Waals surface area contributed by atoms with Crippen LogP contribution in [-0.2, 0) is 4.79 Å². The van der Waals surface area contributed by atoms with Crippen molar-refractivity contribution in [3.63, 3.8) is 0 Å². The number of fused-ring (bicyclic) bond motifs is 1. The number of carbonyl (C=O) groups is 1. The number of nitrogens with one attached hydrogen (secondary N) is 1. The molecule has 0 saturated carbocycles. The van der Waals surface area contributed by atoms with E-state index in [-0.39, 0.29) is 12.5 Å². The Labute approximate surface area is 188 Å².